The first-order chi connectivity index (χ1) is 10.3. The van der Waals surface area contributed by atoms with Crippen molar-refractivity contribution in [3.8, 4) is 0 Å². The van der Waals surface area contributed by atoms with Crippen molar-refractivity contribution in [1.82, 2.24) is 0 Å². The van der Waals surface area contributed by atoms with E-state index in [1.807, 2.05) is 0 Å². The van der Waals surface area contributed by atoms with Crippen LogP contribution >= 0.6 is 0 Å². The van der Waals surface area contributed by atoms with Gasteiger partial charge in [-0.25, -0.2) is 0 Å². The topological polar surface area (TPSA) is 68.2 Å². The van der Waals surface area contributed by atoms with Gasteiger partial charge in [-0.3, -0.25) is 0 Å². The first kappa shape index (κ1) is 23.1. The van der Waals surface area contributed by atoms with Gasteiger partial charge in [-0.05, 0) is 12.8 Å². The second-order valence-corrected chi connectivity index (χ2v) is 4.70. The summed E-state index contributed by atoms with van der Waals surface area (Å²) < 4.78 is 15.3. The lowest BCUT2D eigenvalue weighted by molar-refractivity contribution is 0.0324. The maximum Gasteiger partial charge on any atom is 0.0701 e. The van der Waals surface area contributed by atoms with Gasteiger partial charge < -0.3 is 24.4 Å². The molecule has 0 amide bonds. The molecule has 0 aliphatic heterocycles. The van der Waals surface area contributed by atoms with Crippen molar-refractivity contribution < 1.29 is 24.4 Å². The summed E-state index contributed by atoms with van der Waals surface area (Å²) in [6, 6.07) is 0. The molecule has 0 saturated heterocycles. The van der Waals surface area contributed by atoms with Crippen molar-refractivity contribution >= 4 is 0 Å². The summed E-state index contributed by atoms with van der Waals surface area (Å²) in [5.74, 6) is 0. The molecule has 0 aliphatic carbocycles. The van der Waals surface area contributed by atoms with Crippen LogP contribution in [0.5, 0.6) is 0 Å². The molecule has 0 aromatic carbocycles. The molecule has 0 aliphatic rings. The van der Waals surface area contributed by atoms with Crippen LogP contribution in [0.4, 0.5) is 0 Å². The van der Waals surface area contributed by atoms with Gasteiger partial charge in [0.15, 0.2) is 0 Å². The van der Waals surface area contributed by atoms with Gasteiger partial charge in [0, 0.05) is 13.2 Å². The monoisotopic (exact) mass is 308 g/mol. The molecular formula is C16H36O5. The lowest BCUT2D eigenvalue weighted by Crippen LogP contribution is -2.07. The number of rotatable bonds is 15. The van der Waals surface area contributed by atoms with E-state index in [2.05, 4.69) is 13.8 Å². The molecule has 0 saturated carbocycles. The highest BCUT2D eigenvalue weighted by Gasteiger charge is 1.88. The summed E-state index contributed by atoms with van der Waals surface area (Å²) in [7, 11) is 0. The predicted molar refractivity (Wildman–Crippen MR) is 85.7 cm³/mol. The van der Waals surface area contributed by atoms with Crippen molar-refractivity contribution in [3.05, 3.63) is 0 Å². The quantitative estimate of drug-likeness (QED) is 0.455. The zero-order valence-corrected chi connectivity index (χ0v) is 14.0. The predicted octanol–water partition coefficient (Wildman–Crippen LogP) is 2.39. The van der Waals surface area contributed by atoms with Crippen LogP contribution in [0.3, 0.4) is 0 Å². The summed E-state index contributed by atoms with van der Waals surface area (Å²) >= 11 is 0. The lowest BCUT2D eigenvalue weighted by atomic mass is 10.2. The minimum absolute atomic E-state index is 0.0922. The Labute approximate surface area is 130 Å². The number of ether oxygens (including phenoxy) is 3. The Morgan fingerprint density at radius 2 is 1.00 bits per heavy atom. The van der Waals surface area contributed by atoms with E-state index in [1.165, 1.54) is 19.3 Å². The average Bonchev–Trinajstić information content (AvgIpc) is 2.51. The zero-order valence-electron chi connectivity index (χ0n) is 14.0. The van der Waals surface area contributed by atoms with Crippen LogP contribution < -0.4 is 0 Å². The molecule has 0 radical (unpaired) electrons. The van der Waals surface area contributed by atoms with Crippen molar-refractivity contribution in [2.45, 2.75) is 52.4 Å². The molecule has 2 N–H and O–H groups in total. The summed E-state index contributed by atoms with van der Waals surface area (Å²) in [5.41, 5.74) is 0. The molecule has 0 spiro atoms. The molecule has 0 aromatic heterocycles. The van der Waals surface area contributed by atoms with Gasteiger partial charge >= 0.3 is 0 Å². The third kappa shape index (κ3) is 28.6. The number of aliphatic hydroxyl groups is 2. The molecule has 0 atom stereocenters. The Balaban J connectivity index is 0. The normalized spacial score (nSPS) is 10.3. The Morgan fingerprint density at radius 3 is 1.52 bits per heavy atom. The van der Waals surface area contributed by atoms with Crippen molar-refractivity contribution in [1.29, 1.82) is 0 Å². The Kier molecular flexibility index (Phi) is 27.2. The van der Waals surface area contributed by atoms with E-state index in [4.69, 9.17) is 24.4 Å². The maximum absolute atomic E-state index is 8.34. The summed E-state index contributed by atoms with van der Waals surface area (Å²) in [6.07, 6.45) is 7.22. The Morgan fingerprint density at radius 1 is 0.524 bits per heavy atom. The fourth-order valence-electron chi connectivity index (χ4n) is 1.43. The fourth-order valence-corrected chi connectivity index (χ4v) is 1.43. The minimum Gasteiger partial charge on any atom is -0.394 e. The van der Waals surface area contributed by atoms with Gasteiger partial charge in [0.2, 0.25) is 0 Å². The van der Waals surface area contributed by atoms with E-state index in [1.54, 1.807) is 0 Å². The van der Waals surface area contributed by atoms with Crippen LogP contribution in [-0.2, 0) is 14.2 Å². The number of hydrogen-bond donors (Lipinski definition) is 2. The highest BCUT2D eigenvalue weighted by Crippen LogP contribution is 1.98. The van der Waals surface area contributed by atoms with Gasteiger partial charge in [-0.1, -0.05) is 39.5 Å². The number of hydrogen-bond acceptors (Lipinski definition) is 5. The van der Waals surface area contributed by atoms with Gasteiger partial charge in [-0.2, -0.15) is 0 Å². The third-order valence-corrected chi connectivity index (χ3v) is 2.63. The number of unbranched alkanes of at least 4 members (excludes halogenated alkanes) is 4. The average molecular weight is 308 g/mol. The van der Waals surface area contributed by atoms with Gasteiger partial charge in [0.25, 0.3) is 0 Å². The van der Waals surface area contributed by atoms with E-state index in [9.17, 15) is 0 Å². The smallest absolute Gasteiger partial charge is 0.0701 e. The highest BCUT2D eigenvalue weighted by atomic mass is 16.5. The van der Waals surface area contributed by atoms with Gasteiger partial charge in [0.1, 0.15) is 0 Å². The number of aliphatic hydroxyl groups excluding tert-OH is 2. The second-order valence-electron chi connectivity index (χ2n) is 4.70. The molecule has 130 valence electrons. The van der Waals surface area contributed by atoms with Crippen LogP contribution in [0.15, 0.2) is 0 Å². The second kappa shape index (κ2) is 24.8. The van der Waals surface area contributed by atoms with Gasteiger partial charge in [-0.15, -0.1) is 0 Å². The van der Waals surface area contributed by atoms with E-state index >= 15 is 0 Å². The molecule has 0 rings (SSSR count). The van der Waals surface area contributed by atoms with Gasteiger partial charge in [0.05, 0.1) is 39.6 Å². The van der Waals surface area contributed by atoms with Crippen LogP contribution in [-0.4, -0.2) is 63.1 Å². The summed E-state index contributed by atoms with van der Waals surface area (Å²) in [4.78, 5) is 0. The molecular weight excluding hydrogens is 272 g/mol. The molecule has 21 heavy (non-hydrogen) atoms. The van der Waals surface area contributed by atoms with Crippen LogP contribution in [0.25, 0.3) is 0 Å². The standard InChI is InChI=1S/C8H18O3.C8H18O2/c1-2-3-5-10-7-8-11-6-4-9;1-2-3-4-5-7-10-8-6-9/h9H,2-8H2,1H3;9H,2-8H2,1H3. The fraction of sp³-hybridized carbons (Fsp3) is 1.00. The van der Waals surface area contributed by atoms with E-state index in [-0.39, 0.29) is 13.2 Å². The largest absolute Gasteiger partial charge is 0.394 e. The minimum atomic E-state index is 0.0922. The third-order valence-electron chi connectivity index (χ3n) is 2.63. The molecule has 0 aromatic rings. The molecule has 0 fully saturated rings. The van der Waals surface area contributed by atoms with E-state index in [0.29, 0.717) is 26.4 Å². The van der Waals surface area contributed by atoms with Crippen LogP contribution in [0.1, 0.15) is 52.4 Å². The highest BCUT2D eigenvalue weighted by molar-refractivity contribution is 4.38. The molecule has 0 heterocycles. The Hall–Kier alpha value is -0.200. The SMILES string of the molecule is CCCCCCOCCO.CCCCOCCOCCO. The Bertz CT molecular complexity index is 140. The zero-order chi connectivity index (χ0) is 16.0. The maximum atomic E-state index is 8.34. The summed E-state index contributed by atoms with van der Waals surface area (Å²) in [5, 5.41) is 16.7. The van der Waals surface area contributed by atoms with Crippen molar-refractivity contribution in [3.63, 3.8) is 0 Å². The first-order valence-electron chi connectivity index (χ1n) is 8.28. The van der Waals surface area contributed by atoms with Crippen molar-refractivity contribution in [2.75, 3.05) is 52.9 Å². The lowest BCUT2D eigenvalue weighted by Gasteiger charge is -2.02. The van der Waals surface area contributed by atoms with E-state index in [0.717, 1.165) is 32.5 Å². The molecule has 0 unspecified atom stereocenters. The molecule has 5 heteroatoms. The molecule has 5 nitrogen and oxygen atoms in total. The molecule has 0 bridgehead atoms. The van der Waals surface area contributed by atoms with E-state index < -0.39 is 0 Å². The van der Waals surface area contributed by atoms with Crippen molar-refractivity contribution in [2.24, 2.45) is 0 Å². The van der Waals surface area contributed by atoms with Crippen LogP contribution in [0, 0.1) is 0 Å². The van der Waals surface area contributed by atoms with Crippen LogP contribution in [0.2, 0.25) is 0 Å². The summed E-state index contributed by atoms with van der Waals surface area (Å²) in [6.45, 7) is 8.32. The first-order valence-corrected chi connectivity index (χ1v) is 8.28.